The van der Waals surface area contributed by atoms with Gasteiger partial charge >= 0.3 is 12.0 Å². The van der Waals surface area contributed by atoms with E-state index in [1.54, 1.807) is 10.7 Å². The summed E-state index contributed by atoms with van der Waals surface area (Å²) < 4.78 is 6.76. The average Bonchev–Trinajstić information content (AvgIpc) is 3.32. The number of benzene rings is 1. The number of nitrogens with zero attached hydrogens (tertiary/aromatic N) is 3. The Morgan fingerprint density at radius 3 is 2.47 bits per heavy atom. The smallest absolute Gasteiger partial charge is 0.326 e. The number of rotatable bonds is 6. The Morgan fingerprint density at radius 2 is 1.84 bits per heavy atom. The summed E-state index contributed by atoms with van der Waals surface area (Å²) >= 11 is 0. The lowest BCUT2D eigenvalue weighted by Gasteiger charge is -2.43. The van der Waals surface area contributed by atoms with Crippen LogP contribution in [-0.2, 0) is 24.5 Å². The number of nitrogens with one attached hydrogen (secondary N) is 2. The van der Waals surface area contributed by atoms with Crippen LogP contribution in [0.25, 0.3) is 5.69 Å². The summed E-state index contributed by atoms with van der Waals surface area (Å²) in [6.07, 6.45) is 1.99. The lowest BCUT2D eigenvalue weighted by atomic mass is 9.64. The lowest BCUT2D eigenvalue weighted by Crippen LogP contribution is -2.54. The van der Waals surface area contributed by atoms with Gasteiger partial charge in [-0.3, -0.25) is 19.3 Å². The molecule has 38 heavy (non-hydrogen) atoms. The molecule has 1 saturated heterocycles. The minimum Gasteiger partial charge on any atom is -0.454 e. The molecule has 2 aromatic rings. The number of amides is 4. The van der Waals surface area contributed by atoms with Crippen molar-refractivity contribution in [3.8, 4) is 5.69 Å². The lowest BCUT2D eigenvalue weighted by molar-refractivity contribution is -0.150. The van der Waals surface area contributed by atoms with E-state index in [0.29, 0.717) is 18.7 Å². The van der Waals surface area contributed by atoms with Gasteiger partial charge in [0.05, 0.1) is 11.4 Å². The molecular weight excluding hydrogens is 486 g/mol. The number of carbonyl (C=O) groups is 4. The number of aromatic nitrogens is 2. The van der Waals surface area contributed by atoms with Crippen LogP contribution in [0.1, 0.15) is 66.5 Å². The number of anilines is 1. The zero-order valence-corrected chi connectivity index (χ0v) is 23.0. The fraction of sp³-hybridized carbons (Fsp3) is 0.536. The molecule has 2 atom stereocenters. The molecule has 1 aromatic heterocycles. The molecule has 0 radical (unpaired) electrons. The van der Waals surface area contributed by atoms with Crippen molar-refractivity contribution in [2.24, 2.45) is 11.3 Å². The third-order valence-corrected chi connectivity index (χ3v) is 7.02. The van der Waals surface area contributed by atoms with Crippen molar-refractivity contribution in [3.05, 3.63) is 42.1 Å². The summed E-state index contributed by atoms with van der Waals surface area (Å²) in [5.74, 6) is -1.12. The van der Waals surface area contributed by atoms with Crippen LogP contribution in [0.5, 0.6) is 0 Å². The molecule has 10 nitrogen and oxygen atoms in total. The molecule has 1 saturated carbocycles. The third kappa shape index (κ3) is 5.74. The van der Waals surface area contributed by atoms with Crippen LogP contribution in [0.15, 0.2) is 36.4 Å². The van der Waals surface area contributed by atoms with Gasteiger partial charge in [-0.2, -0.15) is 5.10 Å². The Labute approximate surface area is 223 Å². The highest BCUT2D eigenvalue weighted by atomic mass is 16.5. The predicted molar refractivity (Wildman–Crippen MR) is 142 cm³/mol. The topological polar surface area (TPSA) is 123 Å². The zero-order chi connectivity index (χ0) is 27.9. The first-order valence-corrected chi connectivity index (χ1v) is 12.9. The molecule has 10 heteroatoms. The van der Waals surface area contributed by atoms with E-state index >= 15 is 0 Å². The Hall–Kier alpha value is -3.69. The summed E-state index contributed by atoms with van der Waals surface area (Å²) in [5.41, 5.74) is 0.173. The van der Waals surface area contributed by atoms with E-state index in [0.717, 1.165) is 22.7 Å². The number of para-hydroxylation sites is 1. The number of imide groups is 1. The highest BCUT2D eigenvalue weighted by Gasteiger charge is 2.56. The first-order chi connectivity index (χ1) is 17.7. The van der Waals surface area contributed by atoms with E-state index in [4.69, 9.17) is 4.74 Å². The van der Waals surface area contributed by atoms with E-state index in [-0.39, 0.29) is 16.7 Å². The quantitative estimate of drug-likeness (QED) is 0.439. The van der Waals surface area contributed by atoms with Crippen molar-refractivity contribution in [1.82, 2.24) is 20.0 Å². The minimum atomic E-state index is -1.00. The Kier molecular flexibility index (Phi) is 7.11. The fourth-order valence-corrected chi connectivity index (χ4v) is 5.75. The van der Waals surface area contributed by atoms with Crippen molar-refractivity contribution in [1.29, 1.82) is 0 Å². The second-order valence-electron chi connectivity index (χ2n) is 12.4. The van der Waals surface area contributed by atoms with Crippen LogP contribution in [0.4, 0.5) is 10.6 Å². The van der Waals surface area contributed by atoms with Crippen molar-refractivity contribution < 1.29 is 23.9 Å². The maximum atomic E-state index is 13.2. The van der Waals surface area contributed by atoms with Crippen LogP contribution in [-0.4, -0.2) is 57.2 Å². The predicted octanol–water partition coefficient (Wildman–Crippen LogP) is 3.79. The molecule has 1 aromatic carbocycles. The molecule has 2 aliphatic rings. The molecule has 204 valence electrons. The van der Waals surface area contributed by atoms with E-state index in [1.165, 1.54) is 0 Å². The number of esters is 1. The molecule has 1 spiro atoms. The first kappa shape index (κ1) is 27.3. The number of ether oxygens (including phenoxy) is 1. The van der Waals surface area contributed by atoms with Gasteiger partial charge in [0.1, 0.15) is 17.9 Å². The number of hydrogen-bond donors (Lipinski definition) is 2. The van der Waals surface area contributed by atoms with Crippen LogP contribution in [0, 0.1) is 11.3 Å². The number of hydrogen-bond acceptors (Lipinski definition) is 6. The molecule has 2 N–H and O–H groups in total. The summed E-state index contributed by atoms with van der Waals surface area (Å²) in [7, 11) is 0. The molecule has 4 amide bonds. The van der Waals surface area contributed by atoms with Crippen molar-refractivity contribution in [2.75, 3.05) is 18.5 Å². The molecule has 1 aliphatic heterocycles. The molecule has 1 aliphatic carbocycles. The molecule has 0 bridgehead atoms. The van der Waals surface area contributed by atoms with Crippen LogP contribution >= 0.6 is 0 Å². The van der Waals surface area contributed by atoms with Gasteiger partial charge in [0.2, 0.25) is 0 Å². The Morgan fingerprint density at radius 1 is 1.16 bits per heavy atom. The minimum absolute atomic E-state index is 0.117. The Balaban J connectivity index is 1.38. The zero-order valence-electron chi connectivity index (χ0n) is 23.0. The molecule has 0 unspecified atom stereocenters. The van der Waals surface area contributed by atoms with Gasteiger partial charge < -0.3 is 15.4 Å². The van der Waals surface area contributed by atoms with Crippen LogP contribution in [0.2, 0.25) is 0 Å². The summed E-state index contributed by atoms with van der Waals surface area (Å²) in [5, 5.41) is 10.2. The van der Waals surface area contributed by atoms with E-state index < -0.39 is 42.5 Å². The number of carbonyl (C=O) groups excluding carboxylic acids is 4. The van der Waals surface area contributed by atoms with Gasteiger partial charge in [-0.25, -0.2) is 9.48 Å². The van der Waals surface area contributed by atoms with Gasteiger partial charge in [-0.1, -0.05) is 59.7 Å². The normalized spacial score (nSPS) is 22.9. The van der Waals surface area contributed by atoms with E-state index in [2.05, 4.69) is 36.5 Å². The Bertz CT molecular complexity index is 1250. The molecule has 2 fully saturated rings. The van der Waals surface area contributed by atoms with Gasteiger partial charge in [-0.05, 0) is 42.7 Å². The van der Waals surface area contributed by atoms with Gasteiger partial charge in [0.15, 0.2) is 6.61 Å². The van der Waals surface area contributed by atoms with E-state index in [9.17, 15) is 19.2 Å². The summed E-state index contributed by atoms with van der Waals surface area (Å²) in [6, 6.07) is 10.5. The maximum Gasteiger partial charge on any atom is 0.326 e. The SMILES string of the molecule is C[C@H]1CC(C)(C)C[C@@]2(C1)NC(=O)N(CC(=O)OCC(=O)Nc1cc(C(C)(C)C)nn1-c1ccccc1)C2=O. The van der Waals surface area contributed by atoms with Gasteiger partial charge in [0, 0.05) is 11.5 Å². The highest BCUT2D eigenvalue weighted by Crippen LogP contribution is 2.46. The van der Waals surface area contributed by atoms with Gasteiger partial charge in [-0.15, -0.1) is 0 Å². The average molecular weight is 524 g/mol. The second kappa shape index (κ2) is 9.89. The number of urea groups is 1. The van der Waals surface area contributed by atoms with E-state index in [1.807, 2.05) is 51.1 Å². The third-order valence-electron chi connectivity index (χ3n) is 7.02. The maximum absolute atomic E-state index is 13.2. The largest absolute Gasteiger partial charge is 0.454 e. The van der Waals surface area contributed by atoms with Crippen LogP contribution in [0.3, 0.4) is 0 Å². The van der Waals surface area contributed by atoms with Crippen molar-refractivity contribution in [3.63, 3.8) is 0 Å². The monoisotopic (exact) mass is 523 g/mol. The van der Waals surface area contributed by atoms with Crippen LogP contribution < -0.4 is 10.6 Å². The van der Waals surface area contributed by atoms with Crippen molar-refractivity contribution in [2.45, 2.75) is 71.8 Å². The van der Waals surface area contributed by atoms with Crippen molar-refractivity contribution >= 4 is 29.6 Å². The first-order valence-electron chi connectivity index (χ1n) is 12.9. The summed E-state index contributed by atoms with van der Waals surface area (Å²) in [4.78, 5) is 52.0. The van der Waals surface area contributed by atoms with Gasteiger partial charge in [0.25, 0.3) is 11.8 Å². The molecular formula is C28H37N5O5. The standard InChI is InChI=1S/C28H37N5O5/c1-18-13-27(5,6)17-28(14-18)24(36)32(25(37)30-28)15-23(35)38-16-22(34)29-21-12-20(26(2,3)4)31-33(21)19-10-8-7-9-11-19/h7-12,18H,13-17H2,1-6H3,(H,29,34)(H,30,37)/t18-,28+/m0/s1. The fourth-order valence-electron chi connectivity index (χ4n) is 5.75. The highest BCUT2D eigenvalue weighted by molar-refractivity contribution is 6.09. The second-order valence-corrected chi connectivity index (χ2v) is 12.4. The molecule has 2 heterocycles. The molecule has 4 rings (SSSR count). The summed E-state index contributed by atoms with van der Waals surface area (Å²) in [6.45, 7) is 11.2.